The quantitative estimate of drug-likeness (QED) is 0.381. The van der Waals surface area contributed by atoms with Gasteiger partial charge in [0.1, 0.15) is 11.5 Å². The van der Waals surface area contributed by atoms with Gasteiger partial charge >= 0.3 is 0 Å². The van der Waals surface area contributed by atoms with Crippen LogP contribution < -0.4 is 19.8 Å². The van der Waals surface area contributed by atoms with E-state index in [1.54, 1.807) is 19.4 Å². The van der Waals surface area contributed by atoms with Gasteiger partial charge in [0.15, 0.2) is 6.61 Å². The molecule has 1 aliphatic heterocycles. The summed E-state index contributed by atoms with van der Waals surface area (Å²) < 4.78 is 12.8. The number of nitrogens with one attached hydrogen (secondary N) is 1. The number of rotatable bonds is 6. The number of halogens is 2. The number of ether oxygens (including phenoxy) is 2. The molecule has 0 saturated carbocycles. The Morgan fingerprint density at radius 3 is 2.71 bits per heavy atom. The Kier molecular flexibility index (Phi) is 7.31. The molecule has 1 atom stereocenters. The number of hydrogen-bond acceptors (Lipinski definition) is 5. The number of carbonyl (C=O) groups excluding carboxylic acids is 1. The first-order valence-corrected chi connectivity index (χ1v) is 11.6. The van der Waals surface area contributed by atoms with E-state index < -0.39 is 0 Å². The molecule has 0 aliphatic carbocycles. The van der Waals surface area contributed by atoms with E-state index in [0.29, 0.717) is 17.4 Å². The van der Waals surface area contributed by atoms with Crippen LogP contribution in [0.3, 0.4) is 0 Å². The lowest BCUT2D eigenvalue weighted by Gasteiger charge is -2.45. The summed E-state index contributed by atoms with van der Waals surface area (Å²) in [5.41, 5.74) is 5.81. The molecule has 2 aromatic carbocycles. The smallest absolute Gasteiger partial charge is 0.277 e. The Labute approximate surface area is 200 Å². The first-order valence-electron chi connectivity index (χ1n) is 9.98. The summed E-state index contributed by atoms with van der Waals surface area (Å²) in [6, 6.07) is 9.62. The Balaban J connectivity index is 1.69. The van der Waals surface area contributed by atoms with Crippen molar-refractivity contribution in [1.29, 1.82) is 0 Å². The minimum atomic E-state index is -0.349. The van der Waals surface area contributed by atoms with Gasteiger partial charge in [-0.3, -0.25) is 4.79 Å². The Morgan fingerprint density at radius 1 is 1.29 bits per heavy atom. The van der Waals surface area contributed by atoms with Crippen molar-refractivity contribution in [2.45, 2.75) is 38.6 Å². The zero-order chi connectivity index (χ0) is 22.8. The zero-order valence-corrected chi connectivity index (χ0v) is 21.5. The Morgan fingerprint density at radius 2 is 2.03 bits per heavy atom. The van der Waals surface area contributed by atoms with Crippen molar-refractivity contribution in [1.82, 2.24) is 5.43 Å². The highest BCUT2D eigenvalue weighted by atomic mass is 79.9. The maximum atomic E-state index is 12.1. The van der Waals surface area contributed by atoms with Gasteiger partial charge in [-0.05, 0) is 71.9 Å². The number of hydrogen-bond donors (Lipinski definition) is 1. The Hall–Kier alpha value is -2.06. The molecule has 1 amide bonds. The van der Waals surface area contributed by atoms with Gasteiger partial charge in [-0.2, -0.15) is 5.10 Å². The highest BCUT2D eigenvalue weighted by Crippen LogP contribution is 2.44. The molecule has 0 spiro atoms. The van der Waals surface area contributed by atoms with Gasteiger partial charge in [-0.25, -0.2) is 5.43 Å². The zero-order valence-electron chi connectivity index (χ0n) is 18.3. The predicted octanol–water partition coefficient (Wildman–Crippen LogP) is 5.47. The van der Waals surface area contributed by atoms with Crippen LogP contribution in [0, 0.1) is 0 Å². The van der Waals surface area contributed by atoms with Crippen LogP contribution in [0.1, 0.15) is 44.2 Å². The van der Waals surface area contributed by atoms with Crippen LogP contribution in [0.5, 0.6) is 11.5 Å². The van der Waals surface area contributed by atoms with E-state index in [-0.39, 0.29) is 18.1 Å². The molecular formula is C23H27Br2N3O3. The lowest BCUT2D eigenvalue weighted by molar-refractivity contribution is -0.123. The number of carbonyl (C=O) groups is 1. The average Bonchev–Trinajstić information content (AvgIpc) is 2.71. The van der Waals surface area contributed by atoms with Crippen LogP contribution in [-0.4, -0.2) is 38.4 Å². The van der Waals surface area contributed by atoms with Crippen molar-refractivity contribution in [2.24, 2.45) is 5.10 Å². The highest BCUT2D eigenvalue weighted by Gasteiger charge is 2.34. The van der Waals surface area contributed by atoms with Crippen LogP contribution in [0.2, 0.25) is 0 Å². The summed E-state index contributed by atoms with van der Waals surface area (Å²) in [5, 5.41) is 4.10. The molecule has 0 bridgehead atoms. The van der Waals surface area contributed by atoms with Crippen molar-refractivity contribution in [3.63, 3.8) is 0 Å². The van der Waals surface area contributed by atoms with Gasteiger partial charge in [0, 0.05) is 34.4 Å². The van der Waals surface area contributed by atoms with Gasteiger partial charge in [0.2, 0.25) is 0 Å². The molecule has 0 aromatic heterocycles. The molecule has 1 heterocycles. The van der Waals surface area contributed by atoms with Gasteiger partial charge in [-0.15, -0.1) is 0 Å². The maximum absolute atomic E-state index is 12.1. The number of nitrogens with zero attached hydrogens (tertiary/aromatic N) is 2. The number of methoxy groups -OCH3 is 1. The second-order valence-electron chi connectivity index (χ2n) is 8.29. The van der Waals surface area contributed by atoms with E-state index in [9.17, 15) is 4.79 Å². The summed E-state index contributed by atoms with van der Waals surface area (Å²) in [5.74, 6) is 1.35. The molecule has 0 fully saturated rings. The fourth-order valence-corrected chi connectivity index (χ4v) is 4.99. The van der Waals surface area contributed by atoms with Crippen molar-refractivity contribution >= 4 is 49.7 Å². The summed E-state index contributed by atoms with van der Waals surface area (Å²) in [7, 11) is 3.75. The summed E-state index contributed by atoms with van der Waals surface area (Å²) >= 11 is 6.79. The third-order valence-corrected chi connectivity index (χ3v) is 6.74. The van der Waals surface area contributed by atoms with Crippen molar-refractivity contribution in [3.05, 3.63) is 50.4 Å². The third-order valence-electron chi connectivity index (χ3n) is 5.63. The molecule has 2 aromatic rings. The molecule has 1 unspecified atom stereocenters. The molecule has 3 rings (SSSR count). The maximum Gasteiger partial charge on any atom is 0.277 e. The first kappa shape index (κ1) is 23.6. The van der Waals surface area contributed by atoms with E-state index in [4.69, 9.17) is 9.47 Å². The molecule has 0 saturated heterocycles. The van der Waals surface area contributed by atoms with E-state index in [2.05, 4.69) is 81.2 Å². The molecule has 1 aliphatic rings. The van der Waals surface area contributed by atoms with Gasteiger partial charge < -0.3 is 14.4 Å². The predicted molar refractivity (Wildman–Crippen MR) is 132 cm³/mol. The fourth-order valence-electron chi connectivity index (χ4n) is 3.83. The monoisotopic (exact) mass is 551 g/mol. The molecule has 31 heavy (non-hydrogen) atoms. The topological polar surface area (TPSA) is 63.2 Å². The van der Waals surface area contributed by atoms with Crippen molar-refractivity contribution < 1.29 is 14.3 Å². The number of benzene rings is 2. The lowest BCUT2D eigenvalue weighted by atomic mass is 9.80. The number of anilines is 1. The minimum Gasteiger partial charge on any atom is -0.496 e. The van der Waals surface area contributed by atoms with Gasteiger partial charge in [0.25, 0.3) is 5.91 Å². The number of hydrazone groups is 1. The molecule has 8 heteroatoms. The SMILES string of the molecule is COc1cc2c(cc1/C=N/NC(=O)COc1ccc(Br)cc1Br)C(C)CC(C)(C)N2C. The molecular weight excluding hydrogens is 526 g/mol. The van der Waals surface area contributed by atoms with Crippen LogP contribution in [0.4, 0.5) is 5.69 Å². The fraction of sp³-hybridized carbons (Fsp3) is 0.391. The van der Waals surface area contributed by atoms with Gasteiger partial charge in [-0.1, -0.05) is 22.9 Å². The average molecular weight is 553 g/mol. The minimum absolute atomic E-state index is 0.0742. The van der Waals surface area contributed by atoms with Crippen LogP contribution in [0.25, 0.3) is 0 Å². The van der Waals surface area contributed by atoms with Crippen LogP contribution in [0.15, 0.2) is 44.4 Å². The normalized spacial score (nSPS) is 17.4. The van der Waals surface area contributed by atoms with Gasteiger partial charge in [0.05, 0.1) is 17.8 Å². The highest BCUT2D eigenvalue weighted by molar-refractivity contribution is 9.11. The molecule has 1 N–H and O–H groups in total. The second-order valence-corrected chi connectivity index (χ2v) is 10.1. The van der Waals surface area contributed by atoms with Crippen LogP contribution in [-0.2, 0) is 4.79 Å². The summed E-state index contributed by atoms with van der Waals surface area (Å²) in [6.07, 6.45) is 2.66. The third kappa shape index (κ3) is 5.41. The van der Waals surface area contributed by atoms with E-state index in [1.165, 1.54) is 5.56 Å². The molecule has 6 nitrogen and oxygen atoms in total. The first-order chi connectivity index (χ1) is 14.6. The van der Waals surface area contributed by atoms with Crippen molar-refractivity contribution in [3.8, 4) is 11.5 Å². The lowest BCUT2D eigenvalue weighted by Crippen LogP contribution is -2.45. The molecule has 0 radical (unpaired) electrons. The van der Waals surface area contributed by atoms with E-state index in [1.807, 2.05) is 18.2 Å². The van der Waals surface area contributed by atoms with E-state index >= 15 is 0 Å². The second kappa shape index (κ2) is 9.61. The molecule has 166 valence electrons. The van der Waals surface area contributed by atoms with Crippen LogP contribution >= 0.6 is 31.9 Å². The summed E-state index contributed by atoms with van der Waals surface area (Å²) in [6.45, 7) is 6.59. The van der Waals surface area contributed by atoms with Crippen molar-refractivity contribution in [2.75, 3.05) is 25.7 Å². The Bertz CT molecular complexity index is 1010. The summed E-state index contributed by atoms with van der Waals surface area (Å²) in [4.78, 5) is 14.4. The standard InChI is InChI=1S/C23H27Br2N3O3/c1-14-11-23(2,3)28(4)19-10-21(30-5)15(8-17(14)19)12-26-27-22(29)13-31-20-7-6-16(24)9-18(20)25/h6-10,12,14H,11,13H2,1-5H3,(H,27,29)/b26-12+. The number of amides is 1. The largest absolute Gasteiger partial charge is 0.496 e. The van der Waals surface area contributed by atoms with E-state index in [0.717, 1.165) is 26.6 Å². The number of fused-ring (bicyclic) bond motifs is 1.